The fraction of sp³-hybridized carbons (Fsp3) is 0.294. The molecule has 3 nitrogen and oxygen atoms in total. The number of ether oxygens (including phenoxy) is 2. The summed E-state index contributed by atoms with van der Waals surface area (Å²) in [5, 5.41) is 0. The van der Waals surface area contributed by atoms with Crippen LogP contribution in [0.15, 0.2) is 36.4 Å². The third-order valence-corrected chi connectivity index (χ3v) is 3.84. The third-order valence-electron chi connectivity index (χ3n) is 3.84. The number of nitrogens with two attached hydrogens (primary N) is 1. The first-order chi connectivity index (χ1) is 10.2. The fourth-order valence-corrected chi connectivity index (χ4v) is 2.74. The standard InChI is InChI=1S/C17H18FNO2/c1-20-15-6-2-5-13(18)16(15)17(19)12-7-8-14-11(10-12)4-3-9-21-14/h2,5-8,10,17H,3-4,9,19H2,1H3. The van der Waals surface area contributed by atoms with Crippen LogP contribution in [0.1, 0.15) is 29.2 Å². The van der Waals surface area contributed by atoms with Crippen LogP contribution in [0.2, 0.25) is 0 Å². The number of aryl methyl sites for hydroxylation is 1. The molecule has 110 valence electrons. The average molecular weight is 287 g/mol. The van der Waals surface area contributed by atoms with Gasteiger partial charge in [-0.1, -0.05) is 18.2 Å². The summed E-state index contributed by atoms with van der Waals surface area (Å²) < 4.78 is 25.0. The van der Waals surface area contributed by atoms with Gasteiger partial charge in [0.1, 0.15) is 17.3 Å². The van der Waals surface area contributed by atoms with Crippen LogP contribution in [0.4, 0.5) is 4.39 Å². The zero-order valence-corrected chi connectivity index (χ0v) is 11.9. The van der Waals surface area contributed by atoms with Gasteiger partial charge in [0, 0.05) is 0 Å². The van der Waals surface area contributed by atoms with Crippen LogP contribution in [0.3, 0.4) is 0 Å². The minimum absolute atomic E-state index is 0.351. The van der Waals surface area contributed by atoms with E-state index in [4.69, 9.17) is 15.2 Å². The minimum atomic E-state index is -0.562. The van der Waals surface area contributed by atoms with Gasteiger partial charge in [-0.3, -0.25) is 0 Å². The highest BCUT2D eigenvalue weighted by molar-refractivity contribution is 5.46. The first-order valence-corrected chi connectivity index (χ1v) is 7.04. The van der Waals surface area contributed by atoms with E-state index in [2.05, 4.69) is 0 Å². The van der Waals surface area contributed by atoms with Gasteiger partial charge in [0.05, 0.1) is 25.3 Å². The molecule has 2 N–H and O–H groups in total. The average Bonchev–Trinajstić information content (AvgIpc) is 2.53. The number of hydrogen-bond acceptors (Lipinski definition) is 3. The number of hydrogen-bond donors (Lipinski definition) is 1. The molecule has 0 amide bonds. The van der Waals surface area contributed by atoms with Crippen LogP contribution in [0.25, 0.3) is 0 Å². The quantitative estimate of drug-likeness (QED) is 0.942. The monoisotopic (exact) mass is 287 g/mol. The van der Waals surface area contributed by atoms with Crippen molar-refractivity contribution in [2.45, 2.75) is 18.9 Å². The molecule has 1 heterocycles. The maximum atomic E-state index is 14.1. The minimum Gasteiger partial charge on any atom is -0.496 e. The molecule has 2 aromatic rings. The molecule has 0 bridgehead atoms. The Labute approximate surface area is 123 Å². The normalized spacial score (nSPS) is 15.0. The lowest BCUT2D eigenvalue weighted by Crippen LogP contribution is -2.16. The summed E-state index contributed by atoms with van der Waals surface area (Å²) >= 11 is 0. The van der Waals surface area contributed by atoms with Crippen molar-refractivity contribution in [2.75, 3.05) is 13.7 Å². The number of halogens is 1. The van der Waals surface area contributed by atoms with E-state index in [0.29, 0.717) is 11.3 Å². The van der Waals surface area contributed by atoms with Crippen LogP contribution < -0.4 is 15.2 Å². The van der Waals surface area contributed by atoms with Crippen LogP contribution in [0.5, 0.6) is 11.5 Å². The molecule has 1 aliphatic rings. The summed E-state index contributed by atoms with van der Waals surface area (Å²) in [4.78, 5) is 0. The topological polar surface area (TPSA) is 44.5 Å². The molecule has 3 rings (SSSR count). The van der Waals surface area contributed by atoms with Crippen molar-refractivity contribution < 1.29 is 13.9 Å². The van der Waals surface area contributed by atoms with E-state index in [1.54, 1.807) is 12.1 Å². The first kappa shape index (κ1) is 13.9. The van der Waals surface area contributed by atoms with Crippen molar-refractivity contribution in [3.8, 4) is 11.5 Å². The SMILES string of the molecule is COc1cccc(F)c1C(N)c1ccc2c(c1)CCCO2. The zero-order chi connectivity index (χ0) is 14.8. The Morgan fingerprint density at radius 1 is 1.29 bits per heavy atom. The Bertz CT molecular complexity index is 657. The largest absolute Gasteiger partial charge is 0.496 e. The number of benzene rings is 2. The van der Waals surface area contributed by atoms with E-state index < -0.39 is 6.04 Å². The van der Waals surface area contributed by atoms with Crippen molar-refractivity contribution in [1.29, 1.82) is 0 Å². The molecule has 0 radical (unpaired) electrons. The summed E-state index contributed by atoms with van der Waals surface area (Å²) in [6, 6.07) is 9.99. The van der Waals surface area contributed by atoms with E-state index >= 15 is 0 Å². The Kier molecular flexibility index (Phi) is 3.80. The molecule has 0 saturated heterocycles. The van der Waals surface area contributed by atoms with Crippen molar-refractivity contribution in [3.63, 3.8) is 0 Å². The lowest BCUT2D eigenvalue weighted by atomic mass is 9.94. The molecule has 2 aromatic carbocycles. The van der Waals surface area contributed by atoms with Gasteiger partial charge in [0.2, 0.25) is 0 Å². The zero-order valence-electron chi connectivity index (χ0n) is 11.9. The van der Waals surface area contributed by atoms with Crippen molar-refractivity contribution in [1.82, 2.24) is 0 Å². The second kappa shape index (κ2) is 5.74. The highest BCUT2D eigenvalue weighted by Crippen LogP contribution is 2.33. The van der Waals surface area contributed by atoms with E-state index in [9.17, 15) is 4.39 Å². The lowest BCUT2D eigenvalue weighted by molar-refractivity contribution is 0.288. The van der Waals surface area contributed by atoms with Gasteiger partial charge in [-0.25, -0.2) is 4.39 Å². The second-order valence-electron chi connectivity index (χ2n) is 5.15. The van der Waals surface area contributed by atoms with Gasteiger partial charge in [-0.15, -0.1) is 0 Å². The highest BCUT2D eigenvalue weighted by Gasteiger charge is 2.20. The Hall–Kier alpha value is -2.07. The van der Waals surface area contributed by atoms with Crippen LogP contribution in [-0.4, -0.2) is 13.7 Å². The molecule has 1 aliphatic heterocycles. The molecular formula is C17H18FNO2. The summed E-state index contributed by atoms with van der Waals surface area (Å²) in [7, 11) is 1.52. The molecule has 1 atom stereocenters. The van der Waals surface area contributed by atoms with E-state index in [-0.39, 0.29) is 5.82 Å². The molecule has 0 fully saturated rings. The van der Waals surface area contributed by atoms with Crippen LogP contribution >= 0.6 is 0 Å². The maximum Gasteiger partial charge on any atom is 0.132 e. The molecule has 4 heteroatoms. The third kappa shape index (κ3) is 2.59. The van der Waals surface area contributed by atoms with Crippen LogP contribution in [0, 0.1) is 5.82 Å². The van der Waals surface area contributed by atoms with Crippen molar-refractivity contribution in [2.24, 2.45) is 5.73 Å². The van der Waals surface area contributed by atoms with Crippen molar-refractivity contribution >= 4 is 0 Å². The fourth-order valence-electron chi connectivity index (χ4n) is 2.74. The van der Waals surface area contributed by atoms with Gasteiger partial charge in [0.25, 0.3) is 0 Å². The lowest BCUT2D eigenvalue weighted by Gasteiger charge is -2.21. The summed E-state index contributed by atoms with van der Waals surface area (Å²) in [5.41, 5.74) is 8.64. The molecule has 0 aromatic heterocycles. The summed E-state index contributed by atoms with van der Waals surface area (Å²) in [6.45, 7) is 0.750. The molecule has 0 spiro atoms. The summed E-state index contributed by atoms with van der Waals surface area (Å²) in [5.74, 6) is 1.02. The van der Waals surface area contributed by atoms with Gasteiger partial charge in [-0.05, 0) is 42.2 Å². The Balaban J connectivity index is 2.01. The van der Waals surface area contributed by atoms with E-state index in [1.165, 1.54) is 13.2 Å². The Morgan fingerprint density at radius 3 is 2.95 bits per heavy atom. The molecule has 0 aliphatic carbocycles. The molecule has 0 saturated carbocycles. The number of fused-ring (bicyclic) bond motifs is 1. The van der Waals surface area contributed by atoms with E-state index in [1.807, 2.05) is 18.2 Å². The van der Waals surface area contributed by atoms with Crippen molar-refractivity contribution in [3.05, 3.63) is 58.9 Å². The van der Waals surface area contributed by atoms with Gasteiger partial charge in [0.15, 0.2) is 0 Å². The Morgan fingerprint density at radius 2 is 2.14 bits per heavy atom. The number of rotatable bonds is 3. The smallest absolute Gasteiger partial charge is 0.132 e. The van der Waals surface area contributed by atoms with E-state index in [0.717, 1.165) is 36.3 Å². The van der Waals surface area contributed by atoms with Gasteiger partial charge >= 0.3 is 0 Å². The first-order valence-electron chi connectivity index (χ1n) is 7.04. The predicted octanol–water partition coefficient (Wildman–Crippen LogP) is 3.21. The summed E-state index contributed by atoms with van der Waals surface area (Å²) in [6.07, 6.45) is 1.96. The number of methoxy groups -OCH3 is 1. The highest BCUT2D eigenvalue weighted by atomic mass is 19.1. The van der Waals surface area contributed by atoms with Crippen LogP contribution in [-0.2, 0) is 6.42 Å². The molecular weight excluding hydrogens is 269 g/mol. The second-order valence-corrected chi connectivity index (χ2v) is 5.15. The molecule has 1 unspecified atom stereocenters. The van der Waals surface area contributed by atoms with Gasteiger partial charge < -0.3 is 15.2 Å². The maximum absolute atomic E-state index is 14.1. The van der Waals surface area contributed by atoms with Gasteiger partial charge in [-0.2, -0.15) is 0 Å². The molecule has 21 heavy (non-hydrogen) atoms. The predicted molar refractivity (Wildman–Crippen MR) is 79.2 cm³/mol.